The van der Waals surface area contributed by atoms with E-state index in [1.54, 1.807) is 6.21 Å². The van der Waals surface area contributed by atoms with Crippen LogP contribution in [-0.4, -0.2) is 18.7 Å². The van der Waals surface area contributed by atoms with Crippen molar-refractivity contribution in [1.82, 2.24) is 5.43 Å². The Kier molecular flexibility index (Phi) is 7.01. The van der Waals surface area contributed by atoms with Gasteiger partial charge in [0, 0.05) is 10.7 Å². The maximum atomic E-state index is 11.9. The van der Waals surface area contributed by atoms with Gasteiger partial charge in [0.1, 0.15) is 5.75 Å². The fourth-order valence-corrected chi connectivity index (χ4v) is 3.57. The topological polar surface area (TPSA) is 50.7 Å². The molecular formula is C21H18Br2N2O2. The third kappa shape index (κ3) is 5.65. The lowest BCUT2D eigenvalue weighted by Crippen LogP contribution is -2.24. The van der Waals surface area contributed by atoms with Gasteiger partial charge in [0.25, 0.3) is 5.91 Å². The average molecular weight is 490 g/mol. The van der Waals surface area contributed by atoms with Gasteiger partial charge in [-0.3, -0.25) is 4.79 Å². The lowest BCUT2D eigenvalue weighted by Gasteiger charge is -2.10. The average Bonchev–Trinajstić information content (AvgIpc) is 2.68. The zero-order valence-corrected chi connectivity index (χ0v) is 17.7. The fraction of sp³-hybridized carbons (Fsp3) is 0.143. The summed E-state index contributed by atoms with van der Waals surface area (Å²) < 4.78 is 7.46. The number of hydrogen-bond acceptors (Lipinski definition) is 3. The van der Waals surface area contributed by atoms with Gasteiger partial charge in [0.15, 0.2) is 6.61 Å². The first kappa shape index (κ1) is 19.6. The van der Waals surface area contributed by atoms with E-state index in [0.717, 1.165) is 32.6 Å². The van der Waals surface area contributed by atoms with Crippen molar-refractivity contribution in [1.29, 1.82) is 0 Å². The van der Waals surface area contributed by atoms with Crippen molar-refractivity contribution in [3.05, 3.63) is 75.2 Å². The minimum absolute atomic E-state index is 0.101. The van der Waals surface area contributed by atoms with Gasteiger partial charge >= 0.3 is 0 Å². The van der Waals surface area contributed by atoms with Crippen LogP contribution in [-0.2, 0) is 11.2 Å². The van der Waals surface area contributed by atoms with Crippen LogP contribution >= 0.6 is 31.9 Å². The van der Waals surface area contributed by atoms with E-state index in [0.29, 0.717) is 5.75 Å². The highest BCUT2D eigenvalue weighted by Crippen LogP contribution is 2.34. The molecule has 3 aromatic carbocycles. The molecule has 1 N–H and O–H groups in total. The molecular weight excluding hydrogens is 472 g/mol. The van der Waals surface area contributed by atoms with Crippen molar-refractivity contribution in [2.75, 3.05) is 6.61 Å². The summed E-state index contributed by atoms with van der Waals surface area (Å²) in [4.78, 5) is 11.9. The van der Waals surface area contributed by atoms with Gasteiger partial charge in [-0.1, -0.05) is 58.4 Å². The summed E-state index contributed by atoms with van der Waals surface area (Å²) in [5.41, 5.74) is 3.73. The van der Waals surface area contributed by atoms with E-state index in [1.165, 1.54) is 5.56 Å². The molecule has 27 heavy (non-hydrogen) atoms. The number of fused-ring (bicyclic) bond motifs is 1. The summed E-state index contributed by atoms with van der Waals surface area (Å²) in [7, 11) is 0. The second kappa shape index (κ2) is 9.67. The number of benzene rings is 3. The minimum atomic E-state index is -0.297. The van der Waals surface area contributed by atoms with Crippen LogP contribution in [0.2, 0.25) is 0 Å². The molecule has 0 saturated heterocycles. The summed E-state index contributed by atoms with van der Waals surface area (Å²) >= 11 is 7.01. The highest BCUT2D eigenvalue weighted by molar-refractivity contribution is 9.11. The Morgan fingerprint density at radius 2 is 1.89 bits per heavy atom. The van der Waals surface area contributed by atoms with Gasteiger partial charge in [-0.15, -0.1) is 0 Å². The normalized spacial score (nSPS) is 11.0. The fourth-order valence-electron chi connectivity index (χ4n) is 2.59. The second-order valence-electron chi connectivity index (χ2n) is 5.90. The smallest absolute Gasteiger partial charge is 0.277 e. The maximum Gasteiger partial charge on any atom is 0.277 e. The Morgan fingerprint density at radius 3 is 2.70 bits per heavy atom. The van der Waals surface area contributed by atoms with Crippen molar-refractivity contribution in [2.24, 2.45) is 5.10 Å². The largest absolute Gasteiger partial charge is 0.483 e. The molecule has 0 aliphatic rings. The van der Waals surface area contributed by atoms with Crippen LogP contribution in [0.5, 0.6) is 5.75 Å². The number of ether oxygens (including phenoxy) is 1. The Bertz CT molecular complexity index is 959. The zero-order chi connectivity index (χ0) is 19.1. The third-order valence-corrected chi connectivity index (χ3v) is 5.24. The number of nitrogens with zero attached hydrogens (tertiary/aromatic N) is 1. The third-order valence-electron chi connectivity index (χ3n) is 3.92. The van der Waals surface area contributed by atoms with Crippen LogP contribution < -0.4 is 10.2 Å². The van der Waals surface area contributed by atoms with E-state index in [2.05, 4.69) is 54.5 Å². The molecule has 3 rings (SSSR count). The van der Waals surface area contributed by atoms with E-state index < -0.39 is 0 Å². The molecule has 0 heterocycles. The van der Waals surface area contributed by atoms with Crippen molar-refractivity contribution in [2.45, 2.75) is 12.8 Å². The number of hydrazone groups is 1. The van der Waals surface area contributed by atoms with Crippen molar-refractivity contribution < 1.29 is 9.53 Å². The van der Waals surface area contributed by atoms with Gasteiger partial charge in [0.05, 0.1) is 4.47 Å². The number of halogens is 2. The van der Waals surface area contributed by atoms with Gasteiger partial charge < -0.3 is 4.74 Å². The molecule has 6 heteroatoms. The second-order valence-corrected chi connectivity index (χ2v) is 7.61. The molecule has 0 aliphatic heterocycles. The van der Waals surface area contributed by atoms with Gasteiger partial charge in [-0.05, 0) is 63.3 Å². The first-order valence-electron chi connectivity index (χ1n) is 8.48. The summed E-state index contributed by atoms with van der Waals surface area (Å²) in [5.74, 6) is 0.321. The van der Waals surface area contributed by atoms with Crippen LogP contribution in [0.25, 0.3) is 10.8 Å². The molecule has 0 bridgehead atoms. The molecule has 1 amide bonds. The van der Waals surface area contributed by atoms with E-state index in [4.69, 9.17) is 4.74 Å². The molecule has 0 aliphatic carbocycles. The van der Waals surface area contributed by atoms with E-state index in [-0.39, 0.29) is 12.5 Å². The number of amides is 1. The lowest BCUT2D eigenvalue weighted by molar-refractivity contribution is -0.123. The molecule has 0 spiro atoms. The van der Waals surface area contributed by atoms with Crippen molar-refractivity contribution in [3.8, 4) is 5.75 Å². The number of aryl methyl sites for hydroxylation is 1. The zero-order valence-electron chi connectivity index (χ0n) is 14.5. The first-order chi connectivity index (χ1) is 13.1. The SMILES string of the molecule is O=C(COc1ccc2cc(Br)ccc2c1Br)N/N=C/CCc1ccccc1. The predicted octanol–water partition coefficient (Wildman–Crippen LogP) is 5.48. The number of hydrogen-bond donors (Lipinski definition) is 1. The van der Waals surface area contributed by atoms with Crippen LogP contribution in [0.4, 0.5) is 0 Å². The van der Waals surface area contributed by atoms with Crippen LogP contribution in [0, 0.1) is 0 Å². The lowest BCUT2D eigenvalue weighted by atomic mass is 10.1. The van der Waals surface area contributed by atoms with E-state index in [9.17, 15) is 4.79 Å². The maximum absolute atomic E-state index is 11.9. The summed E-state index contributed by atoms with van der Waals surface area (Å²) in [6.07, 6.45) is 3.35. The Balaban J connectivity index is 1.47. The van der Waals surface area contributed by atoms with Crippen LogP contribution in [0.3, 0.4) is 0 Å². The predicted molar refractivity (Wildman–Crippen MR) is 116 cm³/mol. The number of carbonyl (C=O) groups excluding carboxylic acids is 1. The van der Waals surface area contributed by atoms with Crippen molar-refractivity contribution in [3.63, 3.8) is 0 Å². The van der Waals surface area contributed by atoms with E-state index in [1.807, 2.05) is 48.5 Å². The van der Waals surface area contributed by atoms with Crippen LogP contribution in [0.1, 0.15) is 12.0 Å². The van der Waals surface area contributed by atoms with Crippen molar-refractivity contribution >= 4 is 54.8 Å². The molecule has 0 radical (unpaired) electrons. The Morgan fingerprint density at radius 1 is 1.07 bits per heavy atom. The molecule has 0 atom stereocenters. The Hall–Kier alpha value is -2.18. The summed E-state index contributed by atoms with van der Waals surface area (Å²) in [6.45, 7) is -0.101. The Labute approximate surface area is 174 Å². The molecule has 138 valence electrons. The monoisotopic (exact) mass is 488 g/mol. The molecule has 0 aromatic heterocycles. The van der Waals surface area contributed by atoms with Crippen LogP contribution in [0.15, 0.2) is 74.7 Å². The molecule has 0 fully saturated rings. The molecule has 4 nitrogen and oxygen atoms in total. The van der Waals surface area contributed by atoms with E-state index >= 15 is 0 Å². The molecule has 3 aromatic rings. The van der Waals surface area contributed by atoms with Gasteiger partial charge in [0.2, 0.25) is 0 Å². The summed E-state index contributed by atoms with van der Waals surface area (Å²) in [5, 5.41) is 6.06. The quantitative estimate of drug-likeness (QED) is 0.353. The molecule has 0 unspecified atom stereocenters. The highest BCUT2D eigenvalue weighted by Gasteiger charge is 2.08. The number of nitrogens with one attached hydrogen (secondary N) is 1. The number of rotatable bonds is 7. The first-order valence-corrected chi connectivity index (χ1v) is 10.1. The summed E-state index contributed by atoms with van der Waals surface area (Å²) in [6, 6.07) is 19.9. The van der Waals surface area contributed by atoms with Gasteiger partial charge in [-0.25, -0.2) is 5.43 Å². The minimum Gasteiger partial charge on any atom is -0.483 e. The van der Waals surface area contributed by atoms with Gasteiger partial charge in [-0.2, -0.15) is 5.10 Å². The highest BCUT2D eigenvalue weighted by atomic mass is 79.9. The molecule has 0 saturated carbocycles. The number of carbonyl (C=O) groups is 1. The standard InChI is InChI=1S/C21H18Br2N2O2/c22-17-9-10-18-16(13-17)8-11-19(21(18)23)27-14-20(26)25-24-12-4-7-15-5-2-1-3-6-15/h1-3,5-6,8-13H,4,7,14H2,(H,25,26)/b24-12+.